The third-order valence-electron chi connectivity index (χ3n) is 3.43. The molecule has 4 nitrogen and oxygen atoms in total. The largest absolute Gasteiger partial charge is 0.468 e. The van der Waals surface area contributed by atoms with E-state index in [0.29, 0.717) is 6.54 Å². The third-order valence-corrected chi connectivity index (χ3v) is 3.43. The molecular formula is C14H19NO3. The van der Waals surface area contributed by atoms with Gasteiger partial charge in [-0.3, -0.25) is 9.69 Å². The Balaban J connectivity index is 1.98. The average molecular weight is 249 g/mol. The van der Waals surface area contributed by atoms with Crippen LogP contribution in [0.5, 0.6) is 0 Å². The van der Waals surface area contributed by atoms with Crippen molar-refractivity contribution in [3.63, 3.8) is 0 Å². The van der Waals surface area contributed by atoms with Crippen LogP contribution in [0.1, 0.15) is 24.5 Å². The van der Waals surface area contributed by atoms with E-state index in [4.69, 9.17) is 4.74 Å². The summed E-state index contributed by atoms with van der Waals surface area (Å²) in [6, 6.07) is 9.32. The predicted molar refractivity (Wildman–Crippen MR) is 68.0 cm³/mol. The van der Waals surface area contributed by atoms with Gasteiger partial charge in [-0.05, 0) is 24.9 Å². The molecule has 0 spiro atoms. The zero-order valence-corrected chi connectivity index (χ0v) is 10.6. The third kappa shape index (κ3) is 2.89. The molecule has 1 saturated heterocycles. The van der Waals surface area contributed by atoms with Crippen molar-refractivity contribution in [3.05, 3.63) is 35.9 Å². The summed E-state index contributed by atoms with van der Waals surface area (Å²) in [5.41, 5.74) is 0.882. The minimum absolute atomic E-state index is 0.201. The summed E-state index contributed by atoms with van der Waals surface area (Å²) in [5, 5.41) is 10.2. The number of β-amino-alcohol motifs (C(OH)–C–C–N with tert-alkyl or cyclic N) is 1. The SMILES string of the molecule is COC(=O)C1CCCN1CC(O)c1ccccc1. The standard InChI is InChI=1S/C14H19NO3/c1-18-14(17)12-8-5-9-15(12)10-13(16)11-6-3-2-4-7-11/h2-4,6-7,12-13,16H,5,8-10H2,1H3. The summed E-state index contributed by atoms with van der Waals surface area (Å²) in [7, 11) is 1.41. The molecule has 0 aromatic heterocycles. The Morgan fingerprint density at radius 3 is 2.89 bits per heavy atom. The first-order valence-electron chi connectivity index (χ1n) is 6.27. The van der Waals surface area contributed by atoms with Crippen LogP contribution in [0.25, 0.3) is 0 Å². The summed E-state index contributed by atoms with van der Waals surface area (Å²) < 4.78 is 4.79. The fourth-order valence-corrected chi connectivity index (χ4v) is 2.45. The number of rotatable bonds is 4. The first-order valence-corrected chi connectivity index (χ1v) is 6.27. The summed E-state index contributed by atoms with van der Waals surface area (Å²) in [4.78, 5) is 13.6. The maximum Gasteiger partial charge on any atom is 0.323 e. The zero-order chi connectivity index (χ0) is 13.0. The highest BCUT2D eigenvalue weighted by molar-refractivity contribution is 5.75. The van der Waals surface area contributed by atoms with Crippen LogP contribution in [0.4, 0.5) is 0 Å². The van der Waals surface area contributed by atoms with E-state index in [2.05, 4.69) is 0 Å². The Bertz CT molecular complexity index is 393. The maximum atomic E-state index is 11.6. The van der Waals surface area contributed by atoms with Crippen LogP contribution in [-0.2, 0) is 9.53 Å². The number of nitrogens with zero attached hydrogens (tertiary/aromatic N) is 1. The molecule has 0 bridgehead atoms. The van der Waals surface area contributed by atoms with Crippen molar-refractivity contribution >= 4 is 5.97 Å². The van der Waals surface area contributed by atoms with E-state index in [1.54, 1.807) is 0 Å². The molecule has 18 heavy (non-hydrogen) atoms. The molecule has 98 valence electrons. The molecule has 2 rings (SSSR count). The summed E-state index contributed by atoms with van der Waals surface area (Å²) >= 11 is 0. The Morgan fingerprint density at radius 1 is 1.50 bits per heavy atom. The van der Waals surface area contributed by atoms with Crippen molar-refractivity contribution in [2.45, 2.75) is 25.0 Å². The number of esters is 1. The number of benzene rings is 1. The molecular weight excluding hydrogens is 230 g/mol. The van der Waals surface area contributed by atoms with Gasteiger partial charge < -0.3 is 9.84 Å². The Kier molecular flexibility index (Phi) is 4.33. The number of methoxy groups -OCH3 is 1. The molecule has 2 unspecified atom stereocenters. The number of carbonyl (C=O) groups excluding carboxylic acids is 1. The molecule has 0 amide bonds. The lowest BCUT2D eigenvalue weighted by molar-refractivity contribution is -0.146. The Labute approximate surface area is 107 Å². The molecule has 1 aromatic carbocycles. The smallest absolute Gasteiger partial charge is 0.323 e. The fourth-order valence-electron chi connectivity index (χ4n) is 2.45. The monoisotopic (exact) mass is 249 g/mol. The molecule has 0 radical (unpaired) electrons. The van der Waals surface area contributed by atoms with Gasteiger partial charge in [-0.1, -0.05) is 30.3 Å². The number of carbonyl (C=O) groups is 1. The lowest BCUT2D eigenvalue weighted by atomic mass is 10.1. The van der Waals surface area contributed by atoms with E-state index < -0.39 is 6.10 Å². The van der Waals surface area contributed by atoms with Crippen molar-refractivity contribution in [2.75, 3.05) is 20.2 Å². The van der Waals surface area contributed by atoms with Gasteiger partial charge >= 0.3 is 5.97 Å². The van der Waals surface area contributed by atoms with Gasteiger partial charge in [0.05, 0.1) is 13.2 Å². The zero-order valence-electron chi connectivity index (χ0n) is 10.6. The number of aliphatic hydroxyl groups excluding tert-OH is 1. The highest BCUT2D eigenvalue weighted by atomic mass is 16.5. The highest BCUT2D eigenvalue weighted by Gasteiger charge is 2.32. The second-order valence-corrected chi connectivity index (χ2v) is 4.60. The number of hydrogen-bond donors (Lipinski definition) is 1. The quantitative estimate of drug-likeness (QED) is 0.819. The molecule has 1 fully saturated rings. The molecule has 4 heteroatoms. The van der Waals surface area contributed by atoms with Crippen LogP contribution in [0.2, 0.25) is 0 Å². The normalized spacial score (nSPS) is 21.8. The molecule has 1 N–H and O–H groups in total. The Morgan fingerprint density at radius 2 is 2.22 bits per heavy atom. The molecule has 0 saturated carbocycles. The Hall–Kier alpha value is -1.39. The van der Waals surface area contributed by atoms with E-state index in [1.807, 2.05) is 35.2 Å². The van der Waals surface area contributed by atoms with Crippen molar-refractivity contribution in [2.24, 2.45) is 0 Å². The second-order valence-electron chi connectivity index (χ2n) is 4.60. The first-order chi connectivity index (χ1) is 8.72. The van der Waals surface area contributed by atoms with Crippen LogP contribution in [-0.4, -0.2) is 42.2 Å². The van der Waals surface area contributed by atoms with E-state index in [9.17, 15) is 9.90 Å². The fraction of sp³-hybridized carbons (Fsp3) is 0.500. The van der Waals surface area contributed by atoms with E-state index in [0.717, 1.165) is 24.9 Å². The number of hydrogen-bond acceptors (Lipinski definition) is 4. The minimum Gasteiger partial charge on any atom is -0.468 e. The lowest BCUT2D eigenvalue weighted by Crippen LogP contribution is -2.39. The number of likely N-dealkylation sites (tertiary alicyclic amines) is 1. The van der Waals surface area contributed by atoms with Crippen molar-refractivity contribution in [1.82, 2.24) is 4.90 Å². The number of aliphatic hydroxyl groups is 1. The van der Waals surface area contributed by atoms with Gasteiger partial charge in [0.2, 0.25) is 0 Å². The van der Waals surface area contributed by atoms with Gasteiger partial charge in [0.1, 0.15) is 6.04 Å². The highest BCUT2D eigenvalue weighted by Crippen LogP contribution is 2.22. The summed E-state index contributed by atoms with van der Waals surface area (Å²) in [5.74, 6) is -0.201. The molecule has 2 atom stereocenters. The van der Waals surface area contributed by atoms with Crippen LogP contribution in [0.3, 0.4) is 0 Å². The van der Waals surface area contributed by atoms with E-state index >= 15 is 0 Å². The van der Waals surface area contributed by atoms with Gasteiger partial charge in [0.25, 0.3) is 0 Å². The van der Waals surface area contributed by atoms with Gasteiger partial charge in [0.15, 0.2) is 0 Å². The van der Waals surface area contributed by atoms with E-state index in [1.165, 1.54) is 7.11 Å². The minimum atomic E-state index is -0.559. The average Bonchev–Trinajstić information content (AvgIpc) is 2.87. The van der Waals surface area contributed by atoms with Crippen molar-refractivity contribution in [1.29, 1.82) is 0 Å². The summed E-state index contributed by atoms with van der Waals surface area (Å²) in [6.07, 6.45) is 1.23. The van der Waals surface area contributed by atoms with Crippen molar-refractivity contribution in [3.8, 4) is 0 Å². The summed E-state index contributed by atoms with van der Waals surface area (Å²) in [6.45, 7) is 1.31. The molecule has 1 aliphatic heterocycles. The molecule has 1 heterocycles. The topological polar surface area (TPSA) is 49.8 Å². The van der Waals surface area contributed by atoms with Crippen LogP contribution < -0.4 is 0 Å². The predicted octanol–water partition coefficient (Wildman–Crippen LogP) is 1.36. The maximum absolute atomic E-state index is 11.6. The van der Waals surface area contributed by atoms with Gasteiger partial charge in [-0.15, -0.1) is 0 Å². The van der Waals surface area contributed by atoms with E-state index in [-0.39, 0.29) is 12.0 Å². The second kappa shape index (κ2) is 5.98. The molecule has 1 aliphatic rings. The lowest BCUT2D eigenvalue weighted by Gasteiger charge is -2.25. The van der Waals surface area contributed by atoms with Crippen LogP contribution in [0, 0.1) is 0 Å². The first kappa shape index (κ1) is 13.1. The van der Waals surface area contributed by atoms with Crippen LogP contribution in [0.15, 0.2) is 30.3 Å². The van der Waals surface area contributed by atoms with Gasteiger partial charge in [0, 0.05) is 6.54 Å². The van der Waals surface area contributed by atoms with Crippen LogP contribution >= 0.6 is 0 Å². The van der Waals surface area contributed by atoms with Gasteiger partial charge in [-0.25, -0.2) is 0 Å². The van der Waals surface area contributed by atoms with Gasteiger partial charge in [-0.2, -0.15) is 0 Å². The number of ether oxygens (including phenoxy) is 1. The van der Waals surface area contributed by atoms with Crippen molar-refractivity contribution < 1.29 is 14.6 Å². The molecule has 0 aliphatic carbocycles. The molecule has 1 aromatic rings.